The molecule has 0 spiro atoms. The Morgan fingerprint density at radius 3 is 2.90 bits per heavy atom. The second-order valence-corrected chi connectivity index (χ2v) is 7.12. The largest absolute Gasteiger partial charge is 0.310 e. The van der Waals surface area contributed by atoms with E-state index in [0.717, 1.165) is 45.1 Å². The number of aryl methyl sites for hydroxylation is 1. The molecule has 0 amide bonds. The molecule has 0 saturated heterocycles. The van der Waals surface area contributed by atoms with Crippen molar-refractivity contribution < 1.29 is 0 Å². The summed E-state index contributed by atoms with van der Waals surface area (Å²) in [6.45, 7) is 5.17. The smallest absolute Gasteiger partial charge is 0.0897 e. The molecular formula is C15H18BrClN2S. The molecule has 2 aromatic rings. The van der Waals surface area contributed by atoms with E-state index in [1.807, 2.05) is 19.1 Å². The van der Waals surface area contributed by atoms with Crippen molar-refractivity contribution in [3.05, 3.63) is 49.3 Å². The maximum Gasteiger partial charge on any atom is 0.0897 e. The molecule has 1 heterocycles. The highest BCUT2D eigenvalue weighted by Gasteiger charge is 2.16. The number of thiazole rings is 1. The summed E-state index contributed by atoms with van der Waals surface area (Å²) in [7, 11) is 0. The number of hydrogen-bond acceptors (Lipinski definition) is 3. The van der Waals surface area contributed by atoms with Crippen LogP contribution in [-0.2, 0) is 6.42 Å². The molecule has 108 valence electrons. The Hall–Kier alpha value is -0.420. The van der Waals surface area contributed by atoms with E-state index in [2.05, 4.69) is 44.6 Å². The molecule has 0 fully saturated rings. The Balaban J connectivity index is 2.24. The van der Waals surface area contributed by atoms with Gasteiger partial charge in [0.15, 0.2) is 0 Å². The molecule has 0 aliphatic carbocycles. The summed E-state index contributed by atoms with van der Waals surface area (Å²) in [6.07, 6.45) is 1.96. The van der Waals surface area contributed by atoms with E-state index in [9.17, 15) is 0 Å². The van der Waals surface area contributed by atoms with Crippen molar-refractivity contribution in [3.8, 4) is 0 Å². The van der Waals surface area contributed by atoms with Crippen LogP contribution >= 0.6 is 38.9 Å². The molecule has 20 heavy (non-hydrogen) atoms. The quantitative estimate of drug-likeness (QED) is 0.757. The molecule has 1 unspecified atom stereocenters. The van der Waals surface area contributed by atoms with Gasteiger partial charge >= 0.3 is 0 Å². The highest BCUT2D eigenvalue weighted by Crippen LogP contribution is 2.29. The fraction of sp³-hybridized carbons (Fsp3) is 0.400. The summed E-state index contributed by atoms with van der Waals surface area (Å²) in [5.74, 6) is 0. The number of hydrogen-bond donors (Lipinski definition) is 1. The lowest BCUT2D eigenvalue weighted by molar-refractivity contribution is 0.525. The van der Waals surface area contributed by atoms with E-state index in [4.69, 9.17) is 11.6 Å². The predicted octanol–water partition coefficient (Wildman–Crippen LogP) is 5.15. The van der Waals surface area contributed by atoms with E-state index in [1.165, 1.54) is 0 Å². The third-order valence-electron chi connectivity index (χ3n) is 3.05. The van der Waals surface area contributed by atoms with E-state index in [0.29, 0.717) is 0 Å². The fourth-order valence-corrected chi connectivity index (χ4v) is 3.36. The lowest BCUT2D eigenvalue weighted by Crippen LogP contribution is -2.24. The van der Waals surface area contributed by atoms with Gasteiger partial charge in [0.25, 0.3) is 0 Å². The van der Waals surface area contributed by atoms with Crippen molar-refractivity contribution in [2.75, 3.05) is 6.54 Å². The summed E-state index contributed by atoms with van der Waals surface area (Å²) in [4.78, 5) is 4.56. The van der Waals surface area contributed by atoms with Crippen LogP contribution in [-0.4, -0.2) is 11.5 Å². The third kappa shape index (κ3) is 4.29. The maximum absolute atomic E-state index is 6.36. The van der Waals surface area contributed by atoms with E-state index in [1.54, 1.807) is 11.3 Å². The minimum atomic E-state index is 0.196. The number of rotatable bonds is 6. The van der Waals surface area contributed by atoms with Gasteiger partial charge in [-0.1, -0.05) is 34.5 Å². The Kier molecular flexibility index (Phi) is 6.02. The average Bonchev–Trinajstić information content (AvgIpc) is 2.83. The van der Waals surface area contributed by atoms with Crippen LogP contribution in [0.25, 0.3) is 0 Å². The lowest BCUT2D eigenvalue weighted by atomic mass is 10.0. The molecule has 1 atom stereocenters. The zero-order valence-corrected chi connectivity index (χ0v) is 14.8. The van der Waals surface area contributed by atoms with Crippen molar-refractivity contribution in [1.29, 1.82) is 0 Å². The van der Waals surface area contributed by atoms with Gasteiger partial charge in [-0.15, -0.1) is 11.3 Å². The molecule has 2 rings (SSSR count). The van der Waals surface area contributed by atoms with Crippen molar-refractivity contribution in [1.82, 2.24) is 10.3 Å². The summed E-state index contributed by atoms with van der Waals surface area (Å²) < 4.78 is 1.05. The highest BCUT2D eigenvalue weighted by molar-refractivity contribution is 9.10. The Labute approximate surface area is 137 Å². The molecule has 5 heteroatoms. The zero-order chi connectivity index (χ0) is 14.5. The van der Waals surface area contributed by atoms with Crippen LogP contribution in [0.3, 0.4) is 0 Å². The lowest BCUT2D eigenvalue weighted by Gasteiger charge is -2.19. The van der Waals surface area contributed by atoms with Crippen molar-refractivity contribution >= 4 is 38.9 Å². The molecule has 0 aliphatic heterocycles. The first kappa shape index (κ1) is 16.0. The van der Waals surface area contributed by atoms with Gasteiger partial charge in [-0.25, -0.2) is 4.98 Å². The Morgan fingerprint density at radius 1 is 1.45 bits per heavy atom. The molecular weight excluding hydrogens is 356 g/mol. The van der Waals surface area contributed by atoms with Gasteiger partial charge in [-0.05, 0) is 43.7 Å². The number of nitrogens with zero attached hydrogens (tertiary/aromatic N) is 1. The number of halogens is 2. The van der Waals surface area contributed by atoms with Crippen LogP contribution < -0.4 is 5.32 Å². The molecule has 1 N–H and O–H groups in total. The van der Waals surface area contributed by atoms with Gasteiger partial charge in [0, 0.05) is 27.3 Å². The summed E-state index contributed by atoms with van der Waals surface area (Å²) in [5.41, 5.74) is 2.25. The van der Waals surface area contributed by atoms with Crippen LogP contribution in [0, 0.1) is 6.92 Å². The number of benzene rings is 1. The van der Waals surface area contributed by atoms with Crippen LogP contribution in [0.4, 0.5) is 0 Å². The number of aromatic nitrogens is 1. The molecule has 0 saturated carbocycles. The van der Waals surface area contributed by atoms with E-state index >= 15 is 0 Å². The van der Waals surface area contributed by atoms with Gasteiger partial charge in [0.2, 0.25) is 0 Å². The van der Waals surface area contributed by atoms with Gasteiger partial charge in [0.05, 0.1) is 10.7 Å². The summed E-state index contributed by atoms with van der Waals surface area (Å²) in [5, 5.41) is 7.60. The average molecular weight is 374 g/mol. The minimum absolute atomic E-state index is 0.196. The molecule has 1 aromatic carbocycles. The molecule has 0 radical (unpaired) electrons. The van der Waals surface area contributed by atoms with Crippen molar-refractivity contribution in [2.45, 2.75) is 32.7 Å². The first-order valence-corrected chi connectivity index (χ1v) is 8.74. The first-order valence-electron chi connectivity index (χ1n) is 6.69. The van der Waals surface area contributed by atoms with E-state index in [-0.39, 0.29) is 6.04 Å². The van der Waals surface area contributed by atoms with Gasteiger partial charge in [-0.3, -0.25) is 0 Å². The fourth-order valence-electron chi connectivity index (χ4n) is 2.10. The molecule has 0 bridgehead atoms. The Bertz CT molecular complexity index is 571. The summed E-state index contributed by atoms with van der Waals surface area (Å²) >= 11 is 11.6. The second kappa shape index (κ2) is 7.55. The number of nitrogens with one attached hydrogen (secondary N) is 1. The molecule has 1 aromatic heterocycles. The molecule has 0 aliphatic rings. The van der Waals surface area contributed by atoms with Crippen LogP contribution in [0.15, 0.2) is 28.1 Å². The van der Waals surface area contributed by atoms with E-state index < -0.39 is 0 Å². The second-order valence-electron chi connectivity index (χ2n) is 4.73. The minimum Gasteiger partial charge on any atom is -0.310 e. The Morgan fingerprint density at radius 2 is 2.25 bits per heavy atom. The monoisotopic (exact) mass is 372 g/mol. The maximum atomic E-state index is 6.36. The third-order valence-corrected chi connectivity index (χ3v) is 4.71. The van der Waals surface area contributed by atoms with Gasteiger partial charge in [-0.2, -0.15) is 0 Å². The standard InChI is InChI=1S/C15H18BrClN2S/c1-3-6-18-15(8-12-9-20-10(2)19-12)13-7-11(16)4-5-14(13)17/h4-5,7,9,15,18H,3,6,8H2,1-2H3. The zero-order valence-electron chi connectivity index (χ0n) is 11.6. The van der Waals surface area contributed by atoms with Crippen LogP contribution in [0.2, 0.25) is 5.02 Å². The van der Waals surface area contributed by atoms with Gasteiger partial charge < -0.3 is 5.32 Å². The SMILES string of the molecule is CCCNC(Cc1csc(C)n1)c1cc(Br)ccc1Cl. The normalized spacial score (nSPS) is 12.6. The van der Waals surface area contributed by atoms with Crippen LogP contribution in [0.1, 0.15) is 35.7 Å². The predicted molar refractivity (Wildman–Crippen MR) is 90.7 cm³/mol. The topological polar surface area (TPSA) is 24.9 Å². The molecule has 2 nitrogen and oxygen atoms in total. The van der Waals surface area contributed by atoms with Gasteiger partial charge in [0.1, 0.15) is 0 Å². The first-order chi connectivity index (χ1) is 9.60. The van der Waals surface area contributed by atoms with Crippen LogP contribution in [0.5, 0.6) is 0 Å². The highest BCUT2D eigenvalue weighted by atomic mass is 79.9. The van der Waals surface area contributed by atoms with Crippen molar-refractivity contribution in [2.24, 2.45) is 0 Å². The summed E-state index contributed by atoms with van der Waals surface area (Å²) in [6, 6.07) is 6.19. The van der Waals surface area contributed by atoms with Crippen molar-refractivity contribution in [3.63, 3.8) is 0 Å².